The Morgan fingerprint density at radius 1 is 1.24 bits per heavy atom. The highest BCUT2D eigenvalue weighted by atomic mass is 32.2. The summed E-state index contributed by atoms with van der Waals surface area (Å²) in [6.45, 7) is 7.55. The van der Waals surface area contributed by atoms with Gasteiger partial charge in [0.1, 0.15) is 10.8 Å². The fraction of sp³-hybridized carbons (Fsp3) is 0.500. The minimum absolute atomic E-state index is 0.0827. The van der Waals surface area contributed by atoms with Crippen LogP contribution in [0.25, 0.3) is 0 Å². The quantitative estimate of drug-likeness (QED) is 0.522. The molecular formula is C18H25N5O4S2. The molecule has 0 aliphatic rings. The zero-order chi connectivity index (χ0) is 21.9. The molecule has 0 saturated carbocycles. The molecule has 2 rings (SSSR count). The summed E-state index contributed by atoms with van der Waals surface area (Å²) in [5.74, 6) is -0.306. The number of aromatic nitrogens is 3. The van der Waals surface area contributed by atoms with Gasteiger partial charge in [0.05, 0.1) is 23.3 Å². The summed E-state index contributed by atoms with van der Waals surface area (Å²) in [5.41, 5.74) is 0.681. The first-order chi connectivity index (χ1) is 13.6. The predicted molar refractivity (Wildman–Crippen MR) is 113 cm³/mol. The SMILES string of the molecule is COC(=O)c1c(NC(=O)CSc2nnc(C)n2C(C)C)sc(C(=O)N(C)C)c1C. The molecule has 0 fully saturated rings. The molecule has 0 radical (unpaired) electrons. The number of aryl methyl sites for hydroxylation is 1. The maximum atomic E-state index is 12.5. The largest absolute Gasteiger partial charge is 0.465 e. The molecule has 158 valence electrons. The van der Waals surface area contributed by atoms with Crippen molar-refractivity contribution in [2.75, 3.05) is 32.3 Å². The predicted octanol–water partition coefficient (Wildman–Crippen LogP) is 2.76. The van der Waals surface area contributed by atoms with Crippen molar-refractivity contribution in [1.82, 2.24) is 19.7 Å². The molecule has 0 bridgehead atoms. The zero-order valence-corrected chi connectivity index (χ0v) is 19.2. The molecule has 2 amide bonds. The molecule has 0 aliphatic carbocycles. The van der Waals surface area contributed by atoms with Crippen LogP contribution in [0.2, 0.25) is 0 Å². The van der Waals surface area contributed by atoms with E-state index in [0.717, 1.165) is 17.2 Å². The van der Waals surface area contributed by atoms with Gasteiger partial charge in [0.25, 0.3) is 5.91 Å². The third kappa shape index (κ3) is 4.96. The monoisotopic (exact) mass is 439 g/mol. The molecule has 2 aromatic rings. The van der Waals surface area contributed by atoms with E-state index in [2.05, 4.69) is 15.5 Å². The molecule has 0 aromatic carbocycles. The number of thiophene rings is 1. The molecule has 0 spiro atoms. The molecule has 0 unspecified atom stereocenters. The van der Waals surface area contributed by atoms with Gasteiger partial charge in [0, 0.05) is 20.1 Å². The summed E-state index contributed by atoms with van der Waals surface area (Å²) < 4.78 is 6.78. The van der Waals surface area contributed by atoms with Crippen LogP contribution in [0.4, 0.5) is 5.00 Å². The van der Waals surface area contributed by atoms with Crippen molar-refractivity contribution in [3.05, 3.63) is 21.8 Å². The van der Waals surface area contributed by atoms with Crippen LogP contribution < -0.4 is 5.32 Å². The summed E-state index contributed by atoms with van der Waals surface area (Å²) in [6, 6.07) is 0.168. The first-order valence-electron chi connectivity index (χ1n) is 8.85. The Bertz CT molecular complexity index is 933. The summed E-state index contributed by atoms with van der Waals surface area (Å²) >= 11 is 2.32. The van der Waals surface area contributed by atoms with E-state index < -0.39 is 5.97 Å². The minimum atomic E-state index is -0.602. The molecule has 1 N–H and O–H groups in total. The lowest BCUT2D eigenvalue weighted by Gasteiger charge is -2.11. The van der Waals surface area contributed by atoms with E-state index >= 15 is 0 Å². The first-order valence-corrected chi connectivity index (χ1v) is 10.7. The number of hydrogen-bond acceptors (Lipinski definition) is 8. The minimum Gasteiger partial charge on any atom is -0.465 e. The number of anilines is 1. The molecule has 29 heavy (non-hydrogen) atoms. The number of hydrogen-bond donors (Lipinski definition) is 1. The van der Waals surface area contributed by atoms with E-state index in [9.17, 15) is 14.4 Å². The Kier molecular flexibility index (Phi) is 7.42. The van der Waals surface area contributed by atoms with Crippen molar-refractivity contribution in [3.8, 4) is 0 Å². The van der Waals surface area contributed by atoms with Crippen molar-refractivity contribution >= 4 is 45.9 Å². The average Bonchev–Trinajstić information content (AvgIpc) is 3.18. The lowest BCUT2D eigenvalue weighted by atomic mass is 10.1. The molecular weight excluding hydrogens is 414 g/mol. The highest BCUT2D eigenvalue weighted by Gasteiger charge is 2.27. The number of carbonyl (C=O) groups is 3. The topological polar surface area (TPSA) is 106 Å². The number of nitrogens with one attached hydrogen (secondary N) is 1. The van der Waals surface area contributed by atoms with E-state index in [1.807, 2.05) is 25.3 Å². The number of carbonyl (C=O) groups excluding carboxylic acids is 3. The standard InChI is InChI=1S/C18H25N5O4S2/c1-9(2)23-11(4)20-21-18(23)28-8-12(24)19-15-13(17(26)27-7)10(3)14(29-15)16(25)22(5)6/h9H,8H2,1-7H3,(H,19,24). The van der Waals surface area contributed by atoms with Gasteiger partial charge in [-0.3, -0.25) is 9.59 Å². The fourth-order valence-corrected chi connectivity index (χ4v) is 4.84. The molecule has 2 heterocycles. The average molecular weight is 440 g/mol. The summed E-state index contributed by atoms with van der Waals surface area (Å²) in [6.07, 6.45) is 0. The molecule has 0 saturated heterocycles. The van der Waals surface area contributed by atoms with Gasteiger partial charge >= 0.3 is 5.97 Å². The zero-order valence-electron chi connectivity index (χ0n) is 17.5. The lowest BCUT2D eigenvalue weighted by Crippen LogP contribution is -2.21. The van der Waals surface area contributed by atoms with Crippen LogP contribution in [0, 0.1) is 13.8 Å². The van der Waals surface area contributed by atoms with Gasteiger partial charge in [0.2, 0.25) is 5.91 Å². The van der Waals surface area contributed by atoms with E-state index in [0.29, 0.717) is 20.6 Å². The van der Waals surface area contributed by atoms with Crippen molar-refractivity contribution in [3.63, 3.8) is 0 Å². The number of thioether (sulfide) groups is 1. The highest BCUT2D eigenvalue weighted by Crippen LogP contribution is 2.34. The van der Waals surface area contributed by atoms with E-state index in [4.69, 9.17) is 4.74 Å². The van der Waals surface area contributed by atoms with Crippen molar-refractivity contribution < 1.29 is 19.1 Å². The van der Waals surface area contributed by atoms with Crippen molar-refractivity contribution in [1.29, 1.82) is 0 Å². The highest BCUT2D eigenvalue weighted by molar-refractivity contribution is 7.99. The van der Waals surface area contributed by atoms with Crippen LogP contribution in [-0.2, 0) is 9.53 Å². The van der Waals surface area contributed by atoms with E-state index in [1.165, 1.54) is 23.8 Å². The number of methoxy groups -OCH3 is 1. The second kappa shape index (κ2) is 9.40. The Labute approximate surface area is 177 Å². The summed E-state index contributed by atoms with van der Waals surface area (Å²) in [5, 5.41) is 11.8. The number of rotatable bonds is 7. The number of nitrogens with zero attached hydrogens (tertiary/aromatic N) is 4. The number of amides is 2. The van der Waals surface area contributed by atoms with Gasteiger partial charge in [-0.25, -0.2) is 4.79 Å². The van der Waals surface area contributed by atoms with Gasteiger partial charge in [-0.2, -0.15) is 0 Å². The van der Waals surface area contributed by atoms with Gasteiger partial charge < -0.3 is 19.5 Å². The number of esters is 1. The van der Waals surface area contributed by atoms with Gasteiger partial charge in [-0.05, 0) is 33.3 Å². The van der Waals surface area contributed by atoms with Crippen molar-refractivity contribution in [2.45, 2.75) is 38.9 Å². The maximum Gasteiger partial charge on any atom is 0.341 e. The lowest BCUT2D eigenvalue weighted by molar-refractivity contribution is -0.113. The Morgan fingerprint density at radius 2 is 1.90 bits per heavy atom. The van der Waals surface area contributed by atoms with E-state index in [-0.39, 0.29) is 29.2 Å². The molecule has 9 nitrogen and oxygen atoms in total. The Hall–Kier alpha value is -2.40. The third-order valence-electron chi connectivity index (χ3n) is 4.07. The molecule has 2 aromatic heterocycles. The van der Waals surface area contributed by atoms with Crippen LogP contribution in [-0.4, -0.2) is 64.4 Å². The Morgan fingerprint density at radius 3 is 2.45 bits per heavy atom. The Balaban J connectivity index is 2.22. The van der Waals surface area contributed by atoms with Crippen LogP contribution in [0.15, 0.2) is 5.16 Å². The van der Waals surface area contributed by atoms with Crippen LogP contribution in [0.5, 0.6) is 0 Å². The van der Waals surface area contributed by atoms with Gasteiger partial charge in [-0.15, -0.1) is 21.5 Å². The van der Waals surface area contributed by atoms with Crippen LogP contribution in [0.3, 0.4) is 0 Å². The molecule has 0 aliphatic heterocycles. The smallest absolute Gasteiger partial charge is 0.341 e. The maximum absolute atomic E-state index is 12.5. The second-order valence-corrected chi connectivity index (χ2v) is 8.74. The van der Waals surface area contributed by atoms with Crippen LogP contribution >= 0.6 is 23.1 Å². The van der Waals surface area contributed by atoms with E-state index in [1.54, 1.807) is 21.0 Å². The second-order valence-electron chi connectivity index (χ2n) is 6.78. The summed E-state index contributed by atoms with van der Waals surface area (Å²) in [7, 11) is 4.51. The third-order valence-corrected chi connectivity index (χ3v) is 6.21. The summed E-state index contributed by atoms with van der Waals surface area (Å²) in [4.78, 5) is 38.9. The van der Waals surface area contributed by atoms with Gasteiger partial charge in [-0.1, -0.05) is 11.8 Å². The number of ether oxygens (including phenoxy) is 1. The van der Waals surface area contributed by atoms with Crippen molar-refractivity contribution in [2.24, 2.45) is 0 Å². The van der Waals surface area contributed by atoms with Crippen LogP contribution in [0.1, 0.15) is 51.3 Å². The first kappa shape index (κ1) is 22.9. The molecule has 11 heteroatoms. The molecule has 0 atom stereocenters. The normalized spacial score (nSPS) is 10.9. The van der Waals surface area contributed by atoms with Gasteiger partial charge in [0.15, 0.2) is 5.16 Å². The fourth-order valence-electron chi connectivity index (χ4n) is 2.69.